The molecule has 0 bridgehead atoms. The van der Waals surface area contributed by atoms with Crippen molar-refractivity contribution >= 4 is 23.8 Å². The van der Waals surface area contributed by atoms with Crippen LogP contribution in [-0.4, -0.2) is 64.3 Å². The van der Waals surface area contributed by atoms with E-state index in [1.165, 1.54) is 14.2 Å². The second kappa shape index (κ2) is 13.4. The SMILES string of the molecule is COc1cccc(C(=O)NCC(=O)OCCCOC(=O)CNC(=O)c2cccc(OC)c2)c1. The van der Waals surface area contributed by atoms with Crippen LogP contribution in [0.2, 0.25) is 0 Å². The van der Waals surface area contributed by atoms with Gasteiger partial charge in [0.1, 0.15) is 24.6 Å². The van der Waals surface area contributed by atoms with Gasteiger partial charge >= 0.3 is 11.9 Å². The Bertz CT molecular complexity index is 899. The summed E-state index contributed by atoms with van der Waals surface area (Å²) in [6.07, 6.45) is 0.269. The second-order valence-corrected chi connectivity index (χ2v) is 6.62. The summed E-state index contributed by atoms with van der Waals surface area (Å²) in [6.45, 7) is -0.576. The fourth-order valence-electron chi connectivity index (χ4n) is 2.57. The Morgan fingerprint density at radius 3 is 1.52 bits per heavy atom. The Labute approximate surface area is 191 Å². The molecule has 2 N–H and O–H groups in total. The summed E-state index contributed by atoms with van der Waals surface area (Å²) < 4.78 is 20.1. The minimum absolute atomic E-state index is 0.0112. The van der Waals surface area contributed by atoms with Crippen molar-refractivity contribution in [3.8, 4) is 11.5 Å². The molecule has 0 aliphatic carbocycles. The van der Waals surface area contributed by atoms with E-state index in [4.69, 9.17) is 18.9 Å². The third-order valence-electron chi connectivity index (χ3n) is 4.27. The molecular formula is C23H26N2O8. The minimum atomic E-state index is -0.622. The van der Waals surface area contributed by atoms with Gasteiger partial charge in [0, 0.05) is 17.5 Å². The molecule has 176 valence electrons. The number of nitrogens with one attached hydrogen (secondary N) is 2. The predicted molar refractivity (Wildman–Crippen MR) is 117 cm³/mol. The number of carbonyl (C=O) groups excluding carboxylic acids is 4. The molecule has 0 unspecified atom stereocenters. The highest BCUT2D eigenvalue weighted by atomic mass is 16.5. The van der Waals surface area contributed by atoms with Gasteiger partial charge < -0.3 is 29.6 Å². The average molecular weight is 458 g/mol. The van der Waals surface area contributed by atoms with E-state index in [1.807, 2.05) is 0 Å². The van der Waals surface area contributed by atoms with Crippen LogP contribution in [0.3, 0.4) is 0 Å². The first-order chi connectivity index (χ1) is 15.9. The van der Waals surface area contributed by atoms with Crippen LogP contribution in [0.4, 0.5) is 0 Å². The molecule has 0 aliphatic heterocycles. The summed E-state index contributed by atoms with van der Waals surface area (Å²) in [6, 6.07) is 13.0. The molecule has 0 aliphatic rings. The van der Waals surface area contributed by atoms with E-state index < -0.39 is 23.8 Å². The van der Waals surface area contributed by atoms with Crippen LogP contribution < -0.4 is 20.1 Å². The monoisotopic (exact) mass is 458 g/mol. The van der Waals surface area contributed by atoms with Gasteiger partial charge in [0.2, 0.25) is 0 Å². The molecule has 0 atom stereocenters. The van der Waals surface area contributed by atoms with Crippen molar-refractivity contribution < 1.29 is 38.1 Å². The fourth-order valence-corrected chi connectivity index (χ4v) is 2.57. The van der Waals surface area contributed by atoms with Gasteiger partial charge in [-0.3, -0.25) is 19.2 Å². The van der Waals surface area contributed by atoms with Crippen LogP contribution in [0.15, 0.2) is 48.5 Å². The highest BCUT2D eigenvalue weighted by molar-refractivity contribution is 5.96. The maximum absolute atomic E-state index is 12.0. The van der Waals surface area contributed by atoms with Crippen molar-refractivity contribution in [3.05, 3.63) is 59.7 Å². The number of hydrogen-bond donors (Lipinski definition) is 2. The first kappa shape index (κ1) is 25.2. The van der Waals surface area contributed by atoms with Crippen LogP contribution in [0.5, 0.6) is 11.5 Å². The molecule has 10 nitrogen and oxygen atoms in total. The van der Waals surface area contributed by atoms with Gasteiger partial charge in [-0.25, -0.2) is 0 Å². The van der Waals surface area contributed by atoms with Crippen LogP contribution >= 0.6 is 0 Å². The van der Waals surface area contributed by atoms with E-state index >= 15 is 0 Å². The summed E-state index contributed by atoms with van der Waals surface area (Å²) in [5, 5.41) is 4.91. The largest absolute Gasteiger partial charge is 0.497 e. The van der Waals surface area contributed by atoms with Gasteiger partial charge in [-0.2, -0.15) is 0 Å². The van der Waals surface area contributed by atoms with Crippen molar-refractivity contribution in [2.75, 3.05) is 40.5 Å². The number of carbonyl (C=O) groups is 4. The lowest BCUT2D eigenvalue weighted by Crippen LogP contribution is -2.31. The third-order valence-corrected chi connectivity index (χ3v) is 4.27. The van der Waals surface area contributed by atoms with Crippen LogP contribution in [0.1, 0.15) is 27.1 Å². The number of esters is 2. The zero-order chi connectivity index (χ0) is 24.1. The first-order valence-corrected chi connectivity index (χ1v) is 10.1. The Morgan fingerprint density at radius 2 is 1.12 bits per heavy atom. The zero-order valence-corrected chi connectivity index (χ0v) is 18.4. The highest BCUT2D eigenvalue weighted by Crippen LogP contribution is 2.13. The van der Waals surface area contributed by atoms with Crippen molar-refractivity contribution in [1.29, 1.82) is 0 Å². The summed E-state index contributed by atoms with van der Waals surface area (Å²) in [4.78, 5) is 47.5. The maximum Gasteiger partial charge on any atom is 0.325 e. The minimum Gasteiger partial charge on any atom is -0.497 e. The van der Waals surface area contributed by atoms with Crippen molar-refractivity contribution in [2.45, 2.75) is 6.42 Å². The molecule has 2 aromatic rings. The molecule has 0 radical (unpaired) electrons. The molecule has 2 rings (SSSR count). The van der Waals surface area contributed by atoms with Crippen molar-refractivity contribution in [1.82, 2.24) is 10.6 Å². The smallest absolute Gasteiger partial charge is 0.325 e. The van der Waals surface area contributed by atoms with E-state index in [-0.39, 0.29) is 32.7 Å². The number of amides is 2. The summed E-state index contributed by atoms with van der Waals surface area (Å²) >= 11 is 0. The highest BCUT2D eigenvalue weighted by Gasteiger charge is 2.11. The normalized spacial score (nSPS) is 10.0. The van der Waals surface area contributed by atoms with E-state index in [0.29, 0.717) is 22.6 Å². The molecule has 0 aromatic heterocycles. The molecule has 2 amide bonds. The van der Waals surface area contributed by atoms with Crippen molar-refractivity contribution in [2.24, 2.45) is 0 Å². The fraction of sp³-hybridized carbons (Fsp3) is 0.304. The average Bonchev–Trinajstić information content (AvgIpc) is 2.85. The van der Waals surface area contributed by atoms with Crippen LogP contribution in [0.25, 0.3) is 0 Å². The van der Waals surface area contributed by atoms with Gasteiger partial charge in [-0.15, -0.1) is 0 Å². The van der Waals surface area contributed by atoms with E-state index in [2.05, 4.69) is 10.6 Å². The van der Waals surface area contributed by atoms with E-state index in [0.717, 1.165) is 0 Å². The Morgan fingerprint density at radius 1 is 0.697 bits per heavy atom. The Balaban J connectivity index is 1.57. The van der Waals surface area contributed by atoms with E-state index in [1.54, 1.807) is 48.5 Å². The molecule has 0 fully saturated rings. The lowest BCUT2D eigenvalue weighted by Gasteiger charge is -2.09. The number of methoxy groups -OCH3 is 2. The van der Waals surface area contributed by atoms with Crippen LogP contribution in [0, 0.1) is 0 Å². The summed E-state index contributed by atoms with van der Waals surface area (Å²) in [5.41, 5.74) is 0.708. The molecule has 0 saturated heterocycles. The number of ether oxygens (including phenoxy) is 4. The lowest BCUT2D eigenvalue weighted by molar-refractivity contribution is -0.144. The zero-order valence-electron chi connectivity index (χ0n) is 18.4. The molecule has 0 spiro atoms. The Hall–Kier alpha value is -4.08. The van der Waals surface area contributed by atoms with Gasteiger partial charge in [-0.05, 0) is 36.4 Å². The van der Waals surface area contributed by atoms with Gasteiger partial charge in [0.05, 0.1) is 27.4 Å². The van der Waals surface area contributed by atoms with Gasteiger partial charge in [-0.1, -0.05) is 12.1 Å². The molecule has 2 aromatic carbocycles. The molecular weight excluding hydrogens is 432 g/mol. The number of rotatable bonds is 12. The summed E-state index contributed by atoms with van der Waals surface area (Å²) in [7, 11) is 2.98. The standard InChI is InChI=1S/C23H26N2O8/c1-30-18-8-3-6-16(12-18)22(28)24-14-20(26)32-10-5-11-33-21(27)15-25-23(29)17-7-4-9-19(13-17)31-2/h3-4,6-9,12-13H,5,10-11,14-15H2,1-2H3,(H,24,28)(H,25,29). The Kier molecular flexibility index (Phi) is 10.2. The van der Waals surface area contributed by atoms with E-state index in [9.17, 15) is 19.2 Å². The maximum atomic E-state index is 12.0. The molecule has 0 saturated carbocycles. The van der Waals surface area contributed by atoms with Gasteiger partial charge in [0.15, 0.2) is 0 Å². The quantitative estimate of drug-likeness (QED) is 0.360. The van der Waals surface area contributed by atoms with Crippen LogP contribution in [-0.2, 0) is 19.1 Å². The summed E-state index contributed by atoms with van der Waals surface area (Å²) in [5.74, 6) is -1.06. The first-order valence-electron chi connectivity index (χ1n) is 10.1. The predicted octanol–water partition coefficient (Wildman–Crippen LogP) is 1.34. The lowest BCUT2D eigenvalue weighted by atomic mass is 10.2. The number of benzene rings is 2. The van der Waals surface area contributed by atoms with Gasteiger partial charge in [0.25, 0.3) is 11.8 Å². The second-order valence-electron chi connectivity index (χ2n) is 6.62. The topological polar surface area (TPSA) is 129 Å². The van der Waals surface area contributed by atoms with Crippen molar-refractivity contribution in [3.63, 3.8) is 0 Å². The third kappa shape index (κ3) is 8.90. The molecule has 0 heterocycles. The number of hydrogen-bond acceptors (Lipinski definition) is 8. The molecule has 33 heavy (non-hydrogen) atoms. The molecule has 10 heteroatoms.